The average molecular weight is 361 g/mol. The topological polar surface area (TPSA) is 63.2 Å². The quantitative estimate of drug-likeness (QED) is 0.642. The second kappa shape index (κ2) is 9.50. The number of aromatic nitrogens is 1. The number of aryl methyl sites for hydroxylation is 1. The summed E-state index contributed by atoms with van der Waals surface area (Å²) in [6, 6.07) is 19.4. The number of nitrogens with zero attached hydrogens (tertiary/aromatic N) is 1. The molecule has 0 aliphatic rings. The molecular formula is C22H23N3O2. The van der Waals surface area contributed by atoms with Crippen molar-refractivity contribution in [3.8, 4) is 5.75 Å². The Balaban J connectivity index is 1.45. The average Bonchev–Trinajstić information content (AvgIpc) is 2.69. The van der Waals surface area contributed by atoms with E-state index >= 15 is 0 Å². The number of amides is 1. The molecule has 1 aromatic heterocycles. The van der Waals surface area contributed by atoms with Crippen LogP contribution in [0.5, 0.6) is 5.75 Å². The zero-order chi connectivity index (χ0) is 18.9. The van der Waals surface area contributed by atoms with E-state index in [1.807, 2.05) is 73.8 Å². The van der Waals surface area contributed by atoms with Crippen molar-refractivity contribution in [2.24, 2.45) is 0 Å². The lowest BCUT2D eigenvalue weighted by Gasteiger charge is -2.10. The molecule has 27 heavy (non-hydrogen) atoms. The highest BCUT2D eigenvalue weighted by atomic mass is 16.5. The van der Waals surface area contributed by atoms with E-state index in [-0.39, 0.29) is 12.5 Å². The van der Waals surface area contributed by atoms with E-state index in [0.717, 1.165) is 28.9 Å². The van der Waals surface area contributed by atoms with Gasteiger partial charge in [-0.15, -0.1) is 0 Å². The molecular weight excluding hydrogens is 338 g/mol. The number of rotatable bonds is 8. The molecule has 0 aliphatic carbocycles. The van der Waals surface area contributed by atoms with Gasteiger partial charge in [-0.3, -0.25) is 9.78 Å². The first kappa shape index (κ1) is 18.6. The van der Waals surface area contributed by atoms with Crippen molar-refractivity contribution in [2.45, 2.75) is 20.0 Å². The summed E-state index contributed by atoms with van der Waals surface area (Å²) in [6.45, 7) is 3.44. The summed E-state index contributed by atoms with van der Waals surface area (Å²) in [6.07, 6.45) is 3.61. The molecule has 5 heteroatoms. The summed E-state index contributed by atoms with van der Waals surface area (Å²) >= 11 is 0. The van der Waals surface area contributed by atoms with Gasteiger partial charge in [0.05, 0.1) is 0 Å². The minimum Gasteiger partial charge on any atom is -0.484 e. The molecule has 3 rings (SSSR count). The lowest BCUT2D eigenvalue weighted by molar-refractivity contribution is -0.118. The predicted octanol–water partition coefficient (Wildman–Crippen LogP) is 3.70. The molecule has 0 radical (unpaired) electrons. The van der Waals surface area contributed by atoms with E-state index in [9.17, 15) is 4.79 Å². The first-order valence-corrected chi connectivity index (χ1v) is 8.87. The van der Waals surface area contributed by atoms with Crippen LogP contribution in [0, 0.1) is 6.92 Å². The number of carbonyl (C=O) groups is 1. The van der Waals surface area contributed by atoms with Crippen LogP contribution < -0.4 is 15.4 Å². The molecule has 5 nitrogen and oxygen atoms in total. The number of carbonyl (C=O) groups excluding carboxylic acids is 1. The molecule has 0 aliphatic heterocycles. The third-order valence-corrected chi connectivity index (χ3v) is 3.98. The number of nitrogens with one attached hydrogen (secondary N) is 2. The molecule has 0 saturated heterocycles. The number of hydrogen-bond donors (Lipinski definition) is 2. The maximum Gasteiger partial charge on any atom is 0.262 e. The van der Waals surface area contributed by atoms with E-state index in [1.54, 1.807) is 6.20 Å². The third kappa shape index (κ3) is 6.24. The van der Waals surface area contributed by atoms with Crippen LogP contribution in [0.15, 0.2) is 73.1 Å². The lowest BCUT2D eigenvalue weighted by atomic mass is 10.2. The van der Waals surface area contributed by atoms with Gasteiger partial charge < -0.3 is 15.4 Å². The summed E-state index contributed by atoms with van der Waals surface area (Å²) in [4.78, 5) is 16.1. The maximum absolute atomic E-state index is 12.0. The molecule has 2 N–H and O–H groups in total. The van der Waals surface area contributed by atoms with Crippen LogP contribution in [0.2, 0.25) is 0 Å². The normalized spacial score (nSPS) is 10.4. The van der Waals surface area contributed by atoms with Gasteiger partial charge in [0.1, 0.15) is 5.75 Å². The molecule has 1 heterocycles. The molecule has 0 atom stereocenters. The highest BCUT2D eigenvalue weighted by Crippen LogP contribution is 2.14. The Morgan fingerprint density at radius 1 is 1.00 bits per heavy atom. The minimum atomic E-state index is -0.182. The van der Waals surface area contributed by atoms with Crippen LogP contribution in [0.3, 0.4) is 0 Å². The molecule has 3 aromatic rings. The molecule has 2 aromatic carbocycles. The van der Waals surface area contributed by atoms with Gasteiger partial charge in [-0.25, -0.2) is 0 Å². The monoisotopic (exact) mass is 361 g/mol. The Morgan fingerprint density at radius 2 is 1.78 bits per heavy atom. The third-order valence-electron chi connectivity index (χ3n) is 3.98. The van der Waals surface area contributed by atoms with Gasteiger partial charge >= 0.3 is 0 Å². The van der Waals surface area contributed by atoms with E-state index < -0.39 is 0 Å². The molecule has 1 amide bonds. The summed E-state index contributed by atoms with van der Waals surface area (Å²) in [7, 11) is 0. The second-order valence-electron chi connectivity index (χ2n) is 6.32. The van der Waals surface area contributed by atoms with Crippen molar-refractivity contribution in [1.82, 2.24) is 10.3 Å². The van der Waals surface area contributed by atoms with Crippen molar-refractivity contribution in [2.75, 3.05) is 11.9 Å². The Bertz CT molecular complexity index is 864. The smallest absolute Gasteiger partial charge is 0.262 e. The van der Waals surface area contributed by atoms with Gasteiger partial charge in [-0.1, -0.05) is 35.9 Å². The number of pyridine rings is 1. The summed E-state index contributed by atoms with van der Waals surface area (Å²) in [5, 5.41) is 6.20. The van der Waals surface area contributed by atoms with Crippen molar-refractivity contribution in [3.63, 3.8) is 0 Å². The van der Waals surface area contributed by atoms with Crippen LogP contribution in [0.4, 0.5) is 5.69 Å². The van der Waals surface area contributed by atoms with Crippen LogP contribution in [-0.4, -0.2) is 17.5 Å². The fourth-order valence-electron chi connectivity index (χ4n) is 2.58. The van der Waals surface area contributed by atoms with Gasteiger partial charge in [-0.2, -0.15) is 0 Å². The summed E-state index contributed by atoms with van der Waals surface area (Å²) < 4.78 is 5.62. The minimum absolute atomic E-state index is 0.0273. The highest BCUT2D eigenvalue weighted by Gasteiger charge is 2.04. The first-order valence-electron chi connectivity index (χ1n) is 8.87. The van der Waals surface area contributed by atoms with Gasteiger partial charge in [0.2, 0.25) is 0 Å². The molecule has 138 valence electrons. The van der Waals surface area contributed by atoms with Crippen molar-refractivity contribution >= 4 is 11.6 Å². The lowest BCUT2D eigenvalue weighted by Crippen LogP contribution is -2.20. The van der Waals surface area contributed by atoms with Gasteiger partial charge in [0, 0.05) is 31.2 Å². The van der Waals surface area contributed by atoms with E-state index in [4.69, 9.17) is 4.74 Å². The predicted molar refractivity (Wildman–Crippen MR) is 107 cm³/mol. The summed E-state index contributed by atoms with van der Waals surface area (Å²) in [5.74, 6) is 0.494. The van der Waals surface area contributed by atoms with E-state index in [0.29, 0.717) is 12.3 Å². The first-order chi connectivity index (χ1) is 13.2. The Labute approximate surface area is 159 Å². The number of anilines is 1. The van der Waals surface area contributed by atoms with Crippen molar-refractivity contribution in [1.29, 1.82) is 0 Å². The molecule has 0 saturated carbocycles. The fourth-order valence-corrected chi connectivity index (χ4v) is 2.58. The van der Waals surface area contributed by atoms with Crippen molar-refractivity contribution < 1.29 is 9.53 Å². The summed E-state index contributed by atoms with van der Waals surface area (Å²) in [5.41, 5.74) is 4.15. The Hall–Kier alpha value is -3.18. The SMILES string of the molecule is Cc1ccc(NC(=O)COc2cccc(CNCc3cccnc3)c2)cc1. The fraction of sp³-hybridized carbons (Fsp3) is 0.182. The number of hydrogen-bond acceptors (Lipinski definition) is 4. The zero-order valence-corrected chi connectivity index (χ0v) is 15.3. The molecule has 0 unspecified atom stereocenters. The molecule has 0 spiro atoms. The van der Waals surface area contributed by atoms with Gasteiger partial charge in [-0.05, 0) is 48.4 Å². The van der Waals surface area contributed by atoms with Crippen LogP contribution in [0.1, 0.15) is 16.7 Å². The standard InChI is InChI=1S/C22H23N3O2/c1-17-7-9-20(10-8-17)25-22(26)16-27-21-6-2-4-18(12-21)13-24-15-19-5-3-11-23-14-19/h2-12,14,24H,13,15-16H2,1H3,(H,25,26). The van der Waals surface area contributed by atoms with E-state index in [1.165, 1.54) is 0 Å². The highest BCUT2D eigenvalue weighted by molar-refractivity contribution is 5.91. The Morgan fingerprint density at radius 3 is 2.56 bits per heavy atom. The Kier molecular flexibility index (Phi) is 6.55. The molecule has 0 bridgehead atoms. The van der Waals surface area contributed by atoms with E-state index in [2.05, 4.69) is 15.6 Å². The number of ether oxygens (including phenoxy) is 1. The van der Waals surface area contributed by atoms with Gasteiger partial charge in [0.15, 0.2) is 6.61 Å². The van der Waals surface area contributed by atoms with Crippen molar-refractivity contribution in [3.05, 3.63) is 89.7 Å². The largest absolute Gasteiger partial charge is 0.484 e. The zero-order valence-electron chi connectivity index (χ0n) is 15.3. The maximum atomic E-state index is 12.0. The molecule has 0 fully saturated rings. The second-order valence-corrected chi connectivity index (χ2v) is 6.32. The van der Waals surface area contributed by atoms with Crippen LogP contribution >= 0.6 is 0 Å². The van der Waals surface area contributed by atoms with Gasteiger partial charge in [0.25, 0.3) is 5.91 Å². The number of benzene rings is 2. The van der Waals surface area contributed by atoms with Crippen LogP contribution in [0.25, 0.3) is 0 Å². The van der Waals surface area contributed by atoms with Crippen LogP contribution in [-0.2, 0) is 17.9 Å².